The summed E-state index contributed by atoms with van der Waals surface area (Å²) in [6.45, 7) is 2.60. The normalized spacial score (nSPS) is 10.7. The molecule has 1 N–H and O–H groups in total. The molecule has 18 heavy (non-hydrogen) atoms. The Bertz CT molecular complexity index is 581. The molecular weight excluding hydrogens is 337 g/mol. The maximum absolute atomic E-state index is 6.10. The molecule has 0 bridgehead atoms. The minimum Gasteiger partial charge on any atom is -0.378 e. The standard InChI is InChI=1S/C12H12BrCl2N3/c1-7-12(13)11(18(2)17-7)6-16-10-4-3-8(14)5-9(10)15/h3-5,16H,6H2,1-2H3. The molecule has 2 aromatic rings. The van der Waals surface area contributed by atoms with Crippen molar-refractivity contribution in [2.45, 2.75) is 13.5 Å². The molecule has 3 nitrogen and oxygen atoms in total. The van der Waals surface area contributed by atoms with Gasteiger partial charge in [0.1, 0.15) is 0 Å². The van der Waals surface area contributed by atoms with Crippen LogP contribution in [0.2, 0.25) is 10.0 Å². The third-order valence-electron chi connectivity index (χ3n) is 2.64. The van der Waals surface area contributed by atoms with E-state index in [-0.39, 0.29) is 0 Å². The SMILES string of the molecule is Cc1nn(C)c(CNc2ccc(Cl)cc2Cl)c1Br. The molecule has 0 spiro atoms. The maximum atomic E-state index is 6.10. The summed E-state index contributed by atoms with van der Waals surface area (Å²) in [5, 5.41) is 8.84. The zero-order valence-electron chi connectivity index (χ0n) is 9.97. The van der Waals surface area contributed by atoms with Gasteiger partial charge in [-0.15, -0.1) is 0 Å². The van der Waals surface area contributed by atoms with Gasteiger partial charge in [0.15, 0.2) is 0 Å². The van der Waals surface area contributed by atoms with Crippen molar-refractivity contribution in [3.8, 4) is 0 Å². The van der Waals surface area contributed by atoms with Gasteiger partial charge in [0.05, 0.1) is 33.1 Å². The fourth-order valence-corrected chi connectivity index (χ4v) is 2.64. The van der Waals surface area contributed by atoms with Crippen LogP contribution in [0.5, 0.6) is 0 Å². The highest BCUT2D eigenvalue weighted by Gasteiger charge is 2.10. The number of aromatic nitrogens is 2. The summed E-state index contributed by atoms with van der Waals surface area (Å²) in [7, 11) is 1.91. The second-order valence-corrected chi connectivity index (χ2v) is 5.58. The molecule has 0 fully saturated rings. The van der Waals surface area contributed by atoms with Crippen LogP contribution in [-0.2, 0) is 13.6 Å². The number of hydrogen-bond acceptors (Lipinski definition) is 2. The van der Waals surface area contributed by atoms with Crippen LogP contribution in [-0.4, -0.2) is 9.78 Å². The highest BCUT2D eigenvalue weighted by molar-refractivity contribution is 9.10. The molecule has 0 aliphatic heterocycles. The van der Waals surface area contributed by atoms with E-state index in [0.29, 0.717) is 16.6 Å². The van der Waals surface area contributed by atoms with E-state index in [9.17, 15) is 0 Å². The zero-order valence-corrected chi connectivity index (χ0v) is 13.1. The Morgan fingerprint density at radius 3 is 2.67 bits per heavy atom. The van der Waals surface area contributed by atoms with E-state index in [4.69, 9.17) is 23.2 Å². The summed E-state index contributed by atoms with van der Waals surface area (Å²) >= 11 is 15.5. The van der Waals surface area contributed by atoms with Crippen molar-refractivity contribution >= 4 is 44.8 Å². The summed E-state index contributed by atoms with van der Waals surface area (Å²) in [6.07, 6.45) is 0. The van der Waals surface area contributed by atoms with Crippen molar-refractivity contribution in [2.24, 2.45) is 7.05 Å². The van der Waals surface area contributed by atoms with Gasteiger partial charge in [-0.25, -0.2) is 0 Å². The molecule has 0 aliphatic carbocycles. The fourth-order valence-electron chi connectivity index (χ4n) is 1.68. The summed E-state index contributed by atoms with van der Waals surface area (Å²) in [6, 6.07) is 5.39. The molecule has 0 atom stereocenters. The van der Waals surface area contributed by atoms with E-state index in [1.165, 1.54) is 0 Å². The van der Waals surface area contributed by atoms with Crippen LogP contribution in [0.3, 0.4) is 0 Å². The summed E-state index contributed by atoms with van der Waals surface area (Å²) in [5.41, 5.74) is 2.89. The molecule has 0 saturated heterocycles. The lowest BCUT2D eigenvalue weighted by molar-refractivity contribution is 0.712. The van der Waals surface area contributed by atoms with E-state index >= 15 is 0 Å². The van der Waals surface area contributed by atoms with Crippen molar-refractivity contribution < 1.29 is 0 Å². The number of anilines is 1. The highest BCUT2D eigenvalue weighted by Crippen LogP contribution is 2.27. The number of halogens is 3. The van der Waals surface area contributed by atoms with Crippen LogP contribution < -0.4 is 5.32 Å². The number of aryl methyl sites for hydroxylation is 2. The Labute approximate surface area is 124 Å². The van der Waals surface area contributed by atoms with Gasteiger partial charge in [-0.05, 0) is 41.1 Å². The largest absolute Gasteiger partial charge is 0.378 e. The first kappa shape index (κ1) is 13.7. The second-order valence-electron chi connectivity index (χ2n) is 3.95. The Kier molecular flexibility index (Phi) is 4.20. The van der Waals surface area contributed by atoms with Crippen LogP contribution in [0.15, 0.2) is 22.7 Å². The van der Waals surface area contributed by atoms with Crippen LogP contribution in [0.25, 0.3) is 0 Å². The molecule has 1 aromatic heterocycles. The average Bonchev–Trinajstić information content (AvgIpc) is 2.53. The fraction of sp³-hybridized carbons (Fsp3) is 0.250. The van der Waals surface area contributed by atoms with Crippen LogP contribution >= 0.6 is 39.1 Å². The van der Waals surface area contributed by atoms with Gasteiger partial charge in [-0.3, -0.25) is 4.68 Å². The molecular formula is C12H12BrCl2N3. The minimum atomic E-state index is 0.609. The highest BCUT2D eigenvalue weighted by atomic mass is 79.9. The van der Waals surface area contributed by atoms with Gasteiger partial charge >= 0.3 is 0 Å². The minimum absolute atomic E-state index is 0.609. The Balaban J connectivity index is 2.16. The van der Waals surface area contributed by atoms with Crippen LogP contribution in [0.4, 0.5) is 5.69 Å². The third-order valence-corrected chi connectivity index (χ3v) is 4.22. The summed E-state index contributed by atoms with van der Waals surface area (Å²) < 4.78 is 2.86. The Morgan fingerprint density at radius 2 is 2.11 bits per heavy atom. The lowest BCUT2D eigenvalue weighted by atomic mass is 10.3. The van der Waals surface area contributed by atoms with Crippen molar-refractivity contribution in [1.29, 1.82) is 0 Å². The average molecular weight is 349 g/mol. The summed E-state index contributed by atoms with van der Waals surface area (Å²) in [5.74, 6) is 0. The molecule has 96 valence electrons. The van der Waals surface area contributed by atoms with Gasteiger partial charge < -0.3 is 5.32 Å². The van der Waals surface area contributed by atoms with Crippen molar-refractivity contribution in [3.63, 3.8) is 0 Å². The Hall–Kier alpha value is -0.710. The van der Waals surface area contributed by atoms with Gasteiger partial charge in [0.2, 0.25) is 0 Å². The van der Waals surface area contributed by atoms with Crippen LogP contribution in [0.1, 0.15) is 11.4 Å². The second kappa shape index (κ2) is 5.51. The van der Waals surface area contributed by atoms with E-state index in [1.54, 1.807) is 12.1 Å². The molecule has 0 saturated carbocycles. The van der Waals surface area contributed by atoms with Gasteiger partial charge in [0.25, 0.3) is 0 Å². The number of rotatable bonds is 3. The predicted octanol–water partition coefficient (Wildman–Crippen LogP) is 4.41. The van der Waals surface area contributed by atoms with Crippen molar-refractivity contribution in [2.75, 3.05) is 5.32 Å². The molecule has 6 heteroatoms. The number of nitrogens with zero attached hydrogens (tertiary/aromatic N) is 2. The quantitative estimate of drug-likeness (QED) is 0.890. The monoisotopic (exact) mass is 347 g/mol. The van der Waals surface area contributed by atoms with E-state index in [2.05, 4.69) is 26.3 Å². The van der Waals surface area contributed by atoms with Crippen molar-refractivity contribution in [3.05, 3.63) is 44.1 Å². The molecule has 0 unspecified atom stereocenters. The van der Waals surface area contributed by atoms with Gasteiger partial charge in [0, 0.05) is 12.1 Å². The first-order valence-corrected chi connectivity index (χ1v) is 6.91. The maximum Gasteiger partial charge on any atom is 0.0739 e. The molecule has 0 amide bonds. The summed E-state index contributed by atoms with van der Waals surface area (Å²) in [4.78, 5) is 0. The van der Waals surface area contributed by atoms with Crippen molar-refractivity contribution in [1.82, 2.24) is 9.78 Å². The molecule has 1 aromatic carbocycles. The van der Waals surface area contributed by atoms with E-state index in [0.717, 1.165) is 21.5 Å². The van der Waals surface area contributed by atoms with Crippen LogP contribution in [0, 0.1) is 6.92 Å². The Morgan fingerprint density at radius 1 is 1.39 bits per heavy atom. The molecule has 1 heterocycles. The molecule has 2 rings (SSSR count). The number of hydrogen-bond donors (Lipinski definition) is 1. The van der Waals surface area contributed by atoms with Gasteiger partial charge in [-0.2, -0.15) is 5.10 Å². The van der Waals surface area contributed by atoms with Gasteiger partial charge in [-0.1, -0.05) is 23.2 Å². The zero-order chi connectivity index (χ0) is 13.3. The third kappa shape index (κ3) is 2.82. The topological polar surface area (TPSA) is 29.9 Å². The molecule has 0 aliphatic rings. The lowest BCUT2D eigenvalue weighted by Gasteiger charge is -2.09. The first-order chi connectivity index (χ1) is 8.49. The first-order valence-electron chi connectivity index (χ1n) is 5.36. The van der Waals surface area contributed by atoms with E-state index in [1.807, 2.05) is 24.7 Å². The van der Waals surface area contributed by atoms with E-state index < -0.39 is 0 Å². The molecule has 0 radical (unpaired) electrons. The smallest absolute Gasteiger partial charge is 0.0739 e. The number of nitrogens with one attached hydrogen (secondary N) is 1. The predicted molar refractivity (Wildman–Crippen MR) is 79.4 cm³/mol. The number of benzene rings is 1. The lowest BCUT2D eigenvalue weighted by Crippen LogP contribution is -2.06.